The lowest BCUT2D eigenvalue weighted by Gasteiger charge is -2.27. The van der Waals surface area contributed by atoms with E-state index in [1.54, 1.807) is 11.2 Å². The van der Waals surface area contributed by atoms with Crippen molar-refractivity contribution < 1.29 is 13.9 Å². The number of hydrogen-bond acceptors (Lipinski definition) is 3. The third-order valence-electron chi connectivity index (χ3n) is 4.64. The van der Waals surface area contributed by atoms with Crippen LogP contribution in [-0.2, 0) is 16.7 Å². The van der Waals surface area contributed by atoms with E-state index >= 15 is 0 Å². The summed E-state index contributed by atoms with van der Waals surface area (Å²) < 4.78 is 11.2. The Morgan fingerprint density at radius 1 is 1.23 bits per heavy atom. The Morgan fingerprint density at radius 3 is 2.69 bits per heavy atom. The first kappa shape index (κ1) is 18.5. The van der Waals surface area contributed by atoms with Gasteiger partial charge in [-0.2, -0.15) is 0 Å². The number of nitrogens with one attached hydrogen (secondary N) is 1. The molecule has 1 aromatic heterocycles. The zero-order valence-electron chi connectivity index (χ0n) is 15.8. The van der Waals surface area contributed by atoms with Gasteiger partial charge in [-0.05, 0) is 42.0 Å². The van der Waals surface area contributed by atoms with Gasteiger partial charge in [0.05, 0.1) is 18.9 Å². The molecule has 140 valence electrons. The topological polar surface area (TPSA) is 54.7 Å². The third-order valence-corrected chi connectivity index (χ3v) is 4.64. The van der Waals surface area contributed by atoms with Gasteiger partial charge >= 0.3 is 6.03 Å². The molecule has 1 aliphatic rings. The van der Waals surface area contributed by atoms with Crippen molar-refractivity contribution in [1.82, 2.24) is 4.90 Å². The van der Waals surface area contributed by atoms with Crippen LogP contribution in [0.1, 0.15) is 44.9 Å². The molecule has 1 aliphatic heterocycles. The van der Waals surface area contributed by atoms with E-state index < -0.39 is 0 Å². The number of hydrogen-bond donors (Lipinski definition) is 1. The number of amides is 2. The molecule has 0 bridgehead atoms. The largest absolute Gasteiger partial charge is 0.467 e. The van der Waals surface area contributed by atoms with Crippen molar-refractivity contribution in [2.75, 3.05) is 18.5 Å². The summed E-state index contributed by atoms with van der Waals surface area (Å²) in [7, 11) is 0. The summed E-state index contributed by atoms with van der Waals surface area (Å²) in [5.74, 6) is 0.766. The number of nitrogens with zero attached hydrogens (tertiary/aromatic N) is 1. The van der Waals surface area contributed by atoms with Crippen LogP contribution in [-0.4, -0.2) is 30.2 Å². The Kier molecular flexibility index (Phi) is 5.67. The lowest BCUT2D eigenvalue weighted by Crippen LogP contribution is -2.40. The molecule has 26 heavy (non-hydrogen) atoms. The molecule has 2 heterocycles. The van der Waals surface area contributed by atoms with Gasteiger partial charge < -0.3 is 19.4 Å². The maximum absolute atomic E-state index is 13.0. The second-order valence-corrected chi connectivity index (χ2v) is 7.82. The zero-order chi connectivity index (χ0) is 18.6. The Labute approximate surface area is 155 Å². The highest BCUT2D eigenvalue weighted by atomic mass is 16.5. The van der Waals surface area contributed by atoms with Gasteiger partial charge in [-0.1, -0.05) is 39.0 Å². The normalized spacial score (nSPS) is 17.3. The molecular formula is C21H28N2O3. The molecule has 1 atom stereocenters. The summed E-state index contributed by atoms with van der Waals surface area (Å²) in [6.07, 6.45) is 3.76. The van der Waals surface area contributed by atoms with Crippen LogP contribution in [0.4, 0.5) is 10.5 Å². The number of para-hydroxylation sites is 1. The van der Waals surface area contributed by atoms with Gasteiger partial charge in [-0.15, -0.1) is 0 Å². The van der Waals surface area contributed by atoms with Gasteiger partial charge in [0, 0.05) is 18.8 Å². The standard InChI is InChI=1S/C21H28N2O3/c1-21(2,3)18-10-4-5-11-19(18)22-20(24)23(14-16-8-6-12-25-16)15-17-9-7-13-26-17/h4-6,8,10-12,17H,7,9,13-15H2,1-3H3,(H,22,24). The van der Waals surface area contributed by atoms with E-state index in [2.05, 4.69) is 32.2 Å². The van der Waals surface area contributed by atoms with Crippen LogP contribution in [0, 0.1) is 0 Å². The van der Waals surface area contributed by atoms with E-state index in [1.807, 2.05) is 30.3 Å². The number of urea groups is 1. The maximum atomic E-state index is 13.0. The molecule has 1 fully saturated rings. The monoisotopic (exact) mass is 356 g/mol. The number of carbonyl (C=O) groups is 1. The predicted octanol–water partition coefficient (Wildman–Crippen LogP) is 4.79. The second kappa shape index (κ2) is 7.96. The summed E-state index contributed by atoms with van der Waals surface area (Å²) in [6.45, 7) is 8.19. The van der Waals surface area contributed by atoms with Crippen LogP contribution in [0.3, 0.4) is 0 Å². The van der Waals surface area contributed by atoms with Crippen LogP contribution >= 0.6 is 0 Å². The highest BCUT2D eigenvalue weighted by Gasteiger charge is 2.25. The summed E-state index contributed by atoms with van der Waals surface area (Å²) in [4.78, 5) is 14.8. The van der Waals surface area contributed by atoms with Crippen molar-refractivity contribution in [2.24, 2.45) is 0 Å². The lowest BCUT2D eigenvalue weighted by molar-refractivity contribution is 0.0803. The number of benzene rings is 1. The van der Waals surface area contributed by atoms with Crippen LogP contribution in [0.5, 0.6) is 0 Å². The SMILES string of the molecule is CC(C)(C)c1ccccc1NC(=O)N(Cc1ccco1)CC1CCCO1. The number of anilines is 1. The maximum Gasteiger partial charge on any atom is 0.322 e. The Balaban J connectivity index is 1.76. The van der Waals surface area contributed by atoms with Gasteiger partial charge in [0.1, 0.15) is 5.76 Å². The molecule has 1 unspecified atom stereocenters. The Morgan fingerprint density at radius 2 is 2.04 bits per heavy atom. The summed E-state index contributed by atoms with van der Waals surface area (Å²) in [6, 6.07) is 11.6. The molecule has 1 aromatic carbocycles. The smallest absolute Gasteiger partial charge is 0.322 e. The van der Waals surface area contributed by atoms with Gasteiger partial charge in [-0.3, -0.25) is 0 Å². The van der Waals surface area contributed by atoms with Crippen LogP contribution in [0.15, 0.2) is 47.1 Å². The first-order chi connectivity index (χ1) is 12.4. The summed E-state index contributed by atoms with van der Waals surface area (Å²) >= 11 is 0. The molecule has 0 radical (unpaired) electrons. The van der Waals surface area contributed by atoms with Gasteiger partial charge in [0.2, 0.25) is 0 Å². The number of rotatable bonds is 5. The molecule has 2 amide bonds. The van der Waals surface area contributed by atoms with Crippen molar-refractivity contribution >= 4 is 11.7 Å². The molecule has 2 aromatic rings. The van der Waals surface area contributed by atoms with Crippen molar-refractivity contribution in [3.05, 3.63) is 54.0 Å². The van der Waals surface area contributed by atoms with Crippen LogP contribution in [0.25, 0.3) is 0 Å². The molecule has 0 saturated carbocycles. The molecule has 1 saturated heterocycles. The number of furan rings is 1. The minimum Gasteiger partial charge on any atom is -0.467 e. The fraction of sp³-hybridized carbons (Fsp3) is 0.476. The molecular weight excluding hydrogens is 328 g/mol. The molecule has 3 rings (SSSR count). The minimum atomic E-state index is -0.131. The van der Waals surface area contributed by atoms with Gasteiger partial charge in [0.25, 0.3) is 0 Å². The molecule has 0 spiro atoms. The summed E-state index contributed by atoms with van der Waals surface area (Å²) in [5.41, 5.74) is 1.91. The number of ether oxygens (including phenoxy) is 1. The molecule has 0 aliphatic carbocycles. The lowest BCUT2D eigenvalue weighted by atomic mass is 9.86. The average Bonchev–Trinajstić information content (AvgIpc) is 3.27. The van der Waals surface area contributed by atoms with E-state index in [4.69, 9.17) is 9.15 Å². The highest BCUT2D eigenvalue weighted by Crippen LogP contribution is 2.29. The quantitative estimate of drug-likeness (QED) is 0.838. The van der Waals surface area contributed by atoms with Gasteiger partial charge in [0.15, 0.2) is 0 Å². The number of carbonyl (C=O) groups excluding carboxylic acids is 1. The van der Waals surface area contributed by atoms with Crippen LogP contribution in [0.2, 0.25) is 0 Å². The van der Waals surface area contributed by atoms with E-state index in [1.165, 1.54) is 0 Å². The third kappa shape index (κ3) is 4.67. The molecule has 5 nitrogen and oxygen atoms in total. The van der Waals surface area contributed by atoms with E-state index in [9.17, 15) is 4.79 Å². The average molecular weight is 356 g/mol. The van der Waals surface area contributed by atoms with Crippen molar-refractivity contribution in [3.8, 4) is 0 Å². The molecule has 5 heteroatoms. The highest BCUT2D eigenvalue weighted by molar-refractivity contribution is 5.90. The minimum absolute atomic E-state index is 0.0513. The van der Waals surface area contributed by atoms with E-state index in [0.29, 0.717) is 13.1 Å². The van der Waals surface area contributed by atoms with Crippen molar-refractivity contribution in [1.29, 1.82) is 0 Å². The first-order valence-electron chi connectivity index (χ1n) is 9.23. The van der Waals surface area contributed by atoms with E-state index in [-0.39, 0.29) is 17.6 Å². The predicted molar refractivity (Wildman–Crippen MR) is 102 cm³/mol. The Bertz CT molecular complexity index is 713. The zero-order valence-corrected chi connectivity index (χ0v) is 15.8. The summed E-state index contributed by atoms with van der Waals surface area (Å²) in [5, 5.41) is 3.09. The van der Waals surface area contributed by atoms with Gasteiger partial charge in [-0.25, -0.2) is 4.79 Å². The fourth-order valence-electron chi connectivity index (χ4n) is 3.28. The Hall–Kier alpha value is -2.27. The first-order valence-corrected chi connectivity index (χ1v) is 9.23. The van der Waals surface area contributed by atoms with Crippen LogP contribution < -0.4 is 5.32 Å². The second-order valence-electron chi connectivity index (χ2n) is 7.82. The fourth-order valence-corrected chi connectivity index (χ4v) is 3.28. The van der Waals surface area contributed by atoms with E-state index in [0.717, 1.165) is 36.5 Å². The van der Waals surface area contributed by atoms with Crippen molar-refractivity contribution in [2.45, 2.75) is 51.7 Å². The molecule has 1 N–H and O–H groups in total. The van der Waals surface area contributed by atoms with Crippen molar-refractivity contribution in [3.63, 3.8) is 0 Å².